The molecule has 0 saturated heterocycles. The predicted octanol–water partition coefficient (Wildman–Crippen LogP) is 0.978. The van der Waals surface area contributed by atoms with Crippen LogP contribution >= 0.6 is 0 Å². The van der Waals surface area contributed by atoms with E-state index in [-0.39, 0.29) is 11.8 Å². The van der Waals surface area contributed by atoms with E-state index in [9.17, 15) is 9.59 Å². The molecule has 4 nitrogen and oxygen atoms in total. The fourth-order valence-electron chi connectivity index (χ4n) is 0.904. The van der Waals surface area contributed by atoms with Gasteiger partial charge in [-0.25, -0.2) is 4.79 Å². The molecule has 0 aliphatic carbocycles. The Morgan fingerprint density at radius 2 is 2.00 bits per heavy atom. The minimum atomic E-state index is -0.456. The van der Waals surface area contributed by atoms with Gasteiger partial charge in [-0.3, -0.25) is 4.79 Å². The van der Waals surface area contributed by atoms with Gasteiger partial charge in [0, 0.05) is 0 Å². The standard InChI is InChI=1S/C7H9NO3.C2H6/c1-4-5(2)11-7(10)6(4)8-3-9;1-2/h3,5H,1-2H3,(H,8,9);1-2H3. The summed E-state index contributed by atoms with van der Waals surface area (Å²) in [7, 11) is 0. The average Bonchev–Trinajstić information content (AvgIpc) is 2.36. The van der Waals surface area contributed by atoms with E-state index >= 15 is 0 Å². The van der Waals surface area contributed by atoms with Gasteiger partial charge in [-0.05, 0) is 19.4 Å². The number of nitrogens with one attached hydrogen (secondary N) is 1. The highest BCUT2D eigenvalue weighted by atomic mass is 16.5. The fourth-order valence-corrected chi connectivity index (χ4v) is 0.904. The Labute approximate surface area is 78.0 Å². The van der Waals surface area contributed by atoms with Gasteiger partial charge in [0.1, 0.15) is 11.8 Å². The molecule has 0 radical (unpaired) electrons. The SMILES string of the molecule is CC.CC1=C(NC=O)C(=O)OC1C. The van der Waals surface area contributed by atoms with E-state index in [4.69, 9.17) is 4.74 Å². The van der Waals surface area contributed by atoms with Crippen LogP contribution in [0.2, 0.25) is 0 Å². The zero-order valence-electron chi connectivity index (χ0n) is 8.38. The zero-order chi connectivity index (χ0) is 10.4. The Balaban J connectivity index is 0.000000671. The first-order chi connectivity index (χ1) is 6.16. The normalized spacial score (nSPS) is 20.3. The van der Waals surface area contributed by atoms with E-state index in [1.54, 1.807) is 13.8 Å². The summed E-state index contributed by atoms with van der Waals surface area (Å²) in [5.74, 6) is -0.456. The molecule has 0 fully saturated rings. The maximum atomic E-state index is 10.9. The summed E-state index contributed by atoms with van der Waals surface area (Å²) < 4.78 is 4.80. The van der Waals surface area contributed by atoms with Crippen molar-refractivity contribution >= 4 is 12.4 Å². The molecule has 0 aromatic carbocycles. The van der Waals surface area contributed by atoms with E-state index in [1.807, 2.05) is 13.8 Å². The van der Waals surface area contributed by atoms with Crippen LogP contribution in [0.25, 0.3) is 0 Å². The molecule has 74 valence electrons. The first-order valence-electron chi connectivity index (χ1n) is 4.28. The van der Waals surface area contributed by atoms with Crippen molar-refractivity contribution in [2.75, 3.05) is 0 Å². The molecule has 1 heterocycles. The van der Waals surface area contributed by atoms with Crippen LogP contribution in [-0.2, 0) is 14.3 Å². The smallest absolute Gasteiger partial charge is 0.355 e. The number of hydrogen-bond acceptors (Lipinski definition) is 3. The van der Waals surface area contributed by atoms with E-state index in [0.717, 1.165) is 5.57 Å². The van der Waals surface area contributed by atoms with E-state index < -0.39 is 5.97 Å². The van der Waals surface area contributed by atoms with Crippen molar-refractivity contribution in [2.24, 2.45) is 0 Å². The Morgan fingerprint density at radius 3 is 2.31 bits per heavy atom. The van der Waals surface area contributed by atoms with Gasteiger partial charge in [-0.1, -0.05) is 13.8 Å². The van der Waals surface area contributed by atoms with Crippen LogP contribution in [0, 0.1) is 0 Å². The van der Waals surface area contributed by atoms with Crippen LogP contribution in [0.1, 0.15) is 27.7 Å². The van der Waals surface area contributed by atoms with Gasteiger partial charge < -0.3 is 10.1 Å². The van der Waals surface area contributed by atoms with Crippen molar-refractivity contribution < 1.29 is 14.3 Å². The molecular weight excluding hydrogens is 170 g/mol. The van der Waals surface area contributed by atoms with Gasteiger partial charge in [0.2, 0.25) is 6.41 Å². The lowest BCUT2D eigenvalue weighted by Gasteiger charge is -2.00. The zero-order valence-corrected chi connectivity index (χ0v) is 8.38. The molecular formula is C9H15NO3. The van der Waals surface area contributed by atoms with Gasteiger partial charge in [-0.2, -0.15) is 0 Å². The van der Waals surface area contributed by atoms with Crippen LogP contribution in [0.3, 0.4) is 0 Å². The number of amides is 1. The molecule has 1 atom stereocenters. The minimum Gasteiger partial charge on any atom is -0.453 e. The summed E-state index contributed by atoms with van der Waals surface area (Å²) in [6.45, 7) is 7.51. The third kappa shape index (κ3) is 2.57. The second-order valence-corrected chi connectivity index (χ2v) is 2.37. The van der Waals surface area contributed by atoms with E-state index in [0.29, 0.717) is 6.41 Å². The Hall–Kier alpha value is -1.32. The maximum absolute atomic E-state index is 10.9. The Morgan fingerprint density at radius 1 is 1.46 bits per heavy atom. The lowest BCUT2D eigenvalue weighted by molar-refractivity contribution is -0.139. The third-order valence-electron chi connectivity index (χ3n) is 1.70. The minimum absolute atomic E-state index is 0.218. The van der Waals surface area contributed by atoms with Gasteiger partial charge in [0.05, 0.1) is 0 Å². The van der Waals surface area contributed by atoms with Crippen LogP contribution < -0.4 is 5.32 Å². The number of carbonyl (C=O) groups is 2. The summed E-state index contributed by atoms with van der Waals surface area (Å²) in [5.41, 5.74) is 1.04. The number of esters is 1. The lowest BCUT2D eigenvalue weighted by Crippen LogP contribution is -2.16. The topological polar surface area (TPSA) is 55.4 Å². The fraction of sp³-hybridized carbons (Fsp3) is 0.556. The van der Waals surface area contributed by atoms with Gasteiger partial charge in [0.25, 0.3) is 0 Å². The molecule has 0 aromatic heterocycles. The third-order valence-corrected chi connectivity index (χ3v) is 1.70. The van der Waals surface area contributed by atoms with E-state index in [1.165, 1.54) is 0 Å². The monoisotopic (exact) mass is 185 g/mol. The highest BCUT2D eigenvalue weighted by Gasteiger charge is 2.27. The number of cyclic esters (lactones) is 1. The summed E-state index contributed by atoms with van der Waals surface area (Å²) in [6, 6.07) is 0. The number of carbonyl (C=O) groups excluding carboxylic acids is 2. The summed E-state index contributed by atoms with van der Waals surface area (Å²) in [4.78, 5) is 20.9. The van der Waals surface area contributed by atoms with Crippen LogP contribution in [0.5, 0.6) is 0 Å². The summed E-state index contributed by atoms with van der Waals surface area (Å²) in [6.07, 6.45) is 0.253. The maximum Gasteiger partial charge on any atom is 0.355 e. The molecule has 0 spiro atoms. The molecule has 1 aliphatic rings. The van der Waals surface area contributed by atoms with Crippen molar-refractivity contribution in [3.05, 3.63) is 11.3 Å². The molecule has 1 aliphatic heterocycles. The van der Waals surface area contributed by atoms with E-state index in [2.05, 4.69) is 5.32 Å². The first kappa shape index (κ1) is 11.7. The average molecular weight is 185 g/mol. The van der Waals surface area contributed by atoms with Crippen LogP contribution in [-0.4, -0.2) is 18.5 Å². The number of ether oxygens (including phenoxy) is 1. The highest BCUT2D eigenvalue weighted by molar-refractivity contribution is 5.93. The van der Waals surface area contributed by atoms with Gasteiger partial charge in [0.15, 0.2) is 0 Å². The van der Waals surface area contributed by atoms with Gasteiger partial charge >= 0.3 is 5.97 Å². The van der Waals surface area contributed by atoms with Crippen molar-refractivity contribution in [3.8, 4) is 0 Å². The number of rotatable bonds is 2. The second-order valence-electron chi connectivity index (χ2n) is 2.37. The molecule has 1 rings (SSSR count). The Bertz CT molecular complexity index is 233. The summed E-state index contributed by atoms with van der Waals surface area (Å²) in [5, 5.41) is 2.30. The van der Waals surface area contributed by atoms with Crippen molar-refractivity contribution in [1.82, 2.24) is 5.32 Å². The molecule has 0 bridgehead atoms. The Kier molecular flexibility index (Phi) is 4.80. The lowest BCUT2D eigenvalue weighted by atomic mass is 10.2. The first-order valence-corrected chi connectivity index (χ1v) is 4.28. The molecule has 13 heavy (non-hydrogen) atoms. The van der Waals surface area contributed by atoms with Gasteiger partial charge in [-0.15, -0.1) is 0 Å². The van der Waals surface area contributed by atoms with Crippen LogP contribution in [0.15, 0.2) is 11.3 Å². The summed E-state index contributed by atoms with van der Waals surface area (Å²) >= 11 is 0. The largest absolute Gasteiger partial charge is 0.453 e. The molecule has 4 heteroatoms. The molecule has 1 unspecified atom stereocenters. The van der Waals surface area contributed by atoms with Crippen LogP contribution in [0.4, 0.5) is 0 Å². The second kappa shape index (κ2) is 5.35. The molecule has 1 N–H and O–H groups in total. The molecule has 0 aromatic rings. The van der Waals surface area contributed by atoms with Crippen molar-refractivity contribution in [3.63, 3.8) is 0 Å². The highest BCUT2D eigenvalue weighted by Crippen LogP contribution is 2.18. The predicted molar refractivity (Wildman–Crippen MR) is 48.8 cm³/mol. The molecule has 1 amide bonds. The quantitative estimate of drug-likeness (QED) is 0.515. The number of hydrogen-bond donors (Lipinski definition) is 1. The van der Waals surface area contributed by atoms with Crippen molar-refractivity contribution in [2.45, 2.75) is 33.8 Å². The molecule has 0 saturated carbocycles. The van der Waals surface area contributed by atoms with Crippen molar-refractivity contribution in [1.29, 1.82) is 0 Å².